The zero-order valence-corrected chi connectivity index (χ0v) is 14.8. The Labute approximate surface area is 152 Å². The quantitative estimate of drug-likeness (QED) is 0.634. The highest BCUT2D eigenvalue weighted by molar-refractivity contribution is 6.33. The monoisotopic (exact) mass is 373 g/mol. The maximum absolute atomic E-state index is 12.6. The average molecular weight is 374 g/mol. The lowest BCUT2D eigenvalue weighted by Crippen LogP contribution is -2.45. The van der Waals surface area contributed by atoms with E-state index in [-0.39, 0.29) is 34.6 Å². The van der Waals surface area contributed by atoms with Gasteiger partial charge in [-0.15, -0.1) is 12.4 Å². The van der Waals surface area contributed by atoms with Crippen LogP contribution in [0.1, 0.15) is 36.0 Å². The molecule has 1 aliphatic carbocycles. The van der Waals surface area contributed by atoms with Crippen molar-refractivity contribution in [2.45, 2.75) is 31.7 Å². The summed E-state index contributed by atoms with van der Waals surface area (Å²) in [5.41, 5.74) is -0.222. The number of carbonyl (C=O) groups excluding carboxylic acids is 1. The van der Waals surface area contributed by atoms with E-state index >= 15 is 0 Å². The highest BCUT2D eigenvalue weighted by atomic mass is 35.5. The molecule has 0 spiro atoms. The van der Waals surface area contributed by atoms with Gasteiger partial charge in [-0.2, -0.15) is 0 Å². The Kier molecular flexibility index (Phi) is 6.43. The van der Waals surface area contributed by atoms with Crippen LogP contribution in [0.25, 0.3) is 0 Å². The molecule has 0 aromatic heterocycles. The number of benzene rings is 1. The fraction of sp³-hybridized carbons (Fsp3) is 0.562. The fourth-order valence-electron chi connectivity index (χ4n) is 2.99. The summed E-state index contributed by atoms with van der Waals surface area (Å²) in [6, 6.07) is 4.93. The van der Waals surface area contributed by atoms with Gasteiger partial charge in [0, 0.05) is 19.1 Å². The van der Waals surface area contributed by atoms with Crippen molar-refractivity contribution in [2.75, 3.05) is 19.6 Å². The number of para-hydroxylation sites is 1. The lowest BCUT2D eigenvalue weighted by Gasteiger charge is -2.32. The van der Waals surface area contributed by atoms with Crippen molar-refractivity contribution in [1.82, 2.24) is 10.2 Å². The van der Waals surface area contributed by atoms with Gasteiger partial charge in [0.25, 0.3) is 5.91 Å². The summed E-state index contributed by atoms with van der Waals surface area (Å²) in [4.78, 5) is 24.9. The fourth-order valence-corrected chi connectivity index (χ4v) is 3.23. The predicted octanol–water partition coefficient (Wildman–Crippen LogP) is 3.27. The Hall–Kier alpha value is -1.37. The largest absolute Gasteiger partial charge is 0.338 e. The first-order chi connectivity index (χ1) is 11.1. The molecule has 6 nitrogen and oxygen atoms in total. The first kappa shape index (κ1) is 19.0. The van der Waals surface area contributed by atoms with Crippen LogP contribution in [0.15, 0.2) is 18.2 Å². The van der Waals surface area contributed by atoms with Crippen LogP contribution < -0.4 is 5.32 Å². The van der Waals surface area contributed by atoms with Gasteiger partial charge in [-0.3, -0.25) is 14.9 Å². The Morgan fingerprint density at radius 3 is 2.54 bits per heavy atom. The Balaban J connectivity index is 0.00000208. The molecule has 1 aromatic rings. The summed E-state index contributed by atoms with van der Waals surface area (Å²) in [6.07, 6.45) is 4.41. The highest BCUT2D eigenvalue weighted by Gasteiger charge is 2.30. The number of nitrogens with one attached hydrogen (secondary N) is 1. The van der Waals surface area contributed by atoms with Crippen molar-refractivity contribution in [2.24, 2.45) is 5.92 Å². The SMILES string of the molecule is Cl.O=C(c1cccc(Cl)c1[N+](=O)[O-])N1CCC(NCC2CC2)CC1. The molecule has 1 saturated carbocycles. The lowest BCUT2D eigenvalue weighted by atomic mass is 10.0. The maximum Gasteiger partial charge on any atom is 0.300 e. The van der Waals surface area contributed by atoms with Crippen LogP contribution in [0, 0.1) is 16.0 Å². The number of rotatable bonds is 5. The van der Waals surface area contributed by atoms with Gasteiger partial charge in [0.1, 0.15) is 10.6 Å². The number of nitrogens with zero attached hydrogens (tertiary/aromatic N) is 2. The Bertz CT molecular complexity index is 615. The molecule has 2 fully saturated rings. The van der Waals surface area contributed by atoms with E-state index in [1.165, 1.54) is 25.0 Å². The van der Waals surface area contributed by atoms with Gasteiger partial charge in [-0.05, 0) is 50.3 Å². The smallest absolute Gasteiger partial charge is 0.300 e. The summed E-state index contributed by atoms with van der Waals surface area (Å²) in [5, 5.41) is 14.7. The second kappa shape index (κ2) is 8.14. The summed E-state index contributed by atoms with van der Waals surface area (Å²) >= 11 is 5.88. The third-order valence-electron chi connectivity index (χ3n) is 4.57. The molecule has 8 heteroatoms. The van der Waals surface area contributed by atoms with Crippen LogP contribution in [-0.4, -0.2) is 41.4 Å². The van der Waals surface area contributed by atoms with Gasteiger partial charge in [-0.1, -0.05) is 17.7 Å². The van der Waals surface area contributed by atoms with Gasteiger partial charge in [0.05, 0.1) is 4.92 Å². The first-order valence-corrected chi connectivity index (χ1v) is 8.39. The summed E-state index contributed by atoms with van der Waals surface area (Å²) in [6.45, 7) is 2.30. The third-order valence-corrected chi connectivity index (χ3v) is 4.88. The summed E-state index contributed by atoms with van der Waals surface area (Å²) in [5.74, 6) is 0.531. The predicted molar refractivity (Wildman–Crippen MR) is 95.0 cm³/mol. The number of nitro benzene ring substituents is 1. The maximum atomic E-state index is 12.6. The van der Waals surface area contributed by atoms with Crippen LogP contribution in [0.4, 0.5) is 5.69 Å². The number of amides is 1. The van der Waals surface area contributed by atoms with Crippen molar-refractivity contribution < 1.29 is 9.72 Å². The minimum absolute atomic E-state index is 0. The van der Waals surface area contributed by atoms with E-state index < -0.39 is 4.92 Å². The minimum atomic E-state index is -0.584. The summed E-state index contributed by atoms with van der Waals surface area (Å²) < 4.78 is 0. The van der Waals surface area contributed by atoms with Crippen molar-refractivity contribution in [3.8, 4) is 0 Å². The average Bonchev–Trinajstić information content (AvgIpc) is 3.36. The standard InChI is InChI=1S/C16H20ClN3O3.ClH/c17-14-3-1-2-13(15(14)20(22)23)16(21)19-8-6-12(7-9-19)18-10-11-4-5-11;/h1-3,11-12,18H,4-10H2;1H. The van der Waals surface area contributed by atoms with Crippen molar-refractivity contribution in [3.63, 3.8) is 0 Å². The molecule has 132 valence electrons. The van der Waals surface area contributed by atoms with Gasteiger partial charge < -0.3 is 10.2 Å². The molecule has 1 saturated heterocycles. The van der Waals surface area contributed by atoms with Crippen molar-refractivity contribution >= 4 is 35.6 Å². The van der Waals surface area contributed by atoms with Gasteiger partial charge >= 0.3 is 5.69 Å². The molecule has 1 N–H and O–H groups in total. The van der Waals surface area contributed by atoms with Gasteiger partial charge in [0.15, 0.2) is 0 Å². The van der Waals surface area contributed by atoms with Crippen molar-refractivity contribution in [1.29, 1.82) is 0 Å². The molecule has 1 aromatic carbocycles. The number of carbonyl (C=O) groups is 1. The molecule has 0 unspecified atom stereocenters. The molecule has 1 aliphatic heterocycles. The van der Waals surface area contributed by atoms with E-state index in [2.05, 4.69) is 5.32 Å². The second-order valence-corrected chi connectivity index (χ2v) is 6.72. The molecular weight excluding hydrogens is 353 g/mol. The zero-order valence-electron chi connectivity index (χ0n) is 13.2. The lowest BCUT2D eigenvalue weighted by molar-refractivity contribution is -0.385. The molecule has 1 heterocycles. The number of halogens is 2. The van der Waals surface area contributed by atoms with E-state index in [1.807, 2.05) is 0 Å². The summed E-state index contributed by atoms with van der Waals surface area (Å²) in [7, 11) is 0. The Morgan fingerprint density at radius 2 is 1.96 bits per heavy atom. The van der Waals surface area contributed by atoms with Crippen molar-refractivity contribution in [3.05, 3.63) is 38.9 Å². The van der Waals surface area contributed by atoms with E-state index in [9.17, 15) is 14.9 Å². The van der Waals surface area contributed by atoms with Crippen LogP contribution in [0.5, 0.6) is 0 Å². The number of piperidine rings is 1. The van der Waals surface area contributed by atoms with E-state index in [0.717, 1.165) is 25.3 Å². The zero-order chi connectivity index (χ0) is 16.4. The highest BCUT2D eigenvalue weighted by Crippen LogP contribution is 2.30. The van der Waals surface area contributed by atoms with E-state index in [4.69, 9.17) is 11.6 Å². The molecule has 0 atom stereocenters. The topological polar surface area (TPSA) is 75.5 Å². The van der Waals surface area contributed by atoms with Gasteiger partial charge in [-0.25, -0.2) is 0 Å². The van der Waals surface area contributed by atoms with E-state index in [0.29, 0.717) is 19.1 Å². The third kappa shape index (κ3) is 4.37. The number of hydrogen-bond acceptors (Lipinski definition) is 4. The van der Waals surface area contributed by atoms with Gasteiger partial charge in [0.2, 0.25) is 0 Å². The molecule has 24 heavy (non-hydrogen) atoms. The number of likely N-dealkylation sites (tertiary alicyclic amines) is 1. The van der Waals surface area contributed by atoms with Crippen LogP contribution in [0.2, 0.25) is 5.02 Å². The molecule has 0 radical (unpaired) electrons. The van der Waals surface area contributed by atoms with E-state index in [1.54, 1.807) is 11.0 Å². The number of hydrogen-bond donors (Lipinski definition) is 1. The molecular formula is C16H21Cl2N3O3. The molecule has 1 amide bonds. The normalized spacial score (nSPS) is 18.1. The van der Waals surface area contributed by atoms with Crippen LogP contribution >= 0.6 is 24.0 Å². The molecule has 3 rings (SSSR count). The van der Waals surface area contributed by atoms with Crippen LogP contribution in [0.3, 0.4) is 0 Å². The minimum Gasteiger partial charge on any atom is -0.338 e. The number of nitro groups is 1. The Morgan fingerprint density at radius 1 is 1.29 bits per heavy atom. The molecule has 2 aliphatic rings. The molecule has 0 bridgehead atoms. The second-order valence-electron chi connectivity index (χ2n) is 6.31. The van der Waals surface area contributed by atoms with Crippen LogP contribution in [-0.2, 0) is 0 Å². The first-order valence-electron chi connectivity index (χ1n) is 8.02.